The summed E-state index contributed by atoms with van der Waals surface area (Å²) in [5.74, 6) is -2.34. The van der Waals surface area contributed by atoms with Crippen LogP contribution in [-0.4, -0.2) is 45.6 Å². The minimum absolute atomic E-state index is 0.187. The van der Waals surface area contributed by atoms with E-state index in [4.69, 9.17) is 4.74 Å². The van der Waals surface area contributed by atoms with E-state index < -0.39 is 53.6 Å². The molecule has 4 atom stereocenters. The lowest BCUT2D eigenvalue weighted by atomic mass is 9.92. The molecule has 1 aliphatic rings. The number of anilines is 1. The zero-order valence-corrected chi connectivity index (χ0v) is 24.0. The van der Waals surface area contributed by atoms with Crippen LogP contribution in [0, 0.1) is 11.6 Å². The van der Waals surface area contributed by atoms with Gasteiger partial charge in [-0.25, -0.2) is 13.6 Å². The average Bonchev–Trinajstić information content (AvgIpc) is 3.03. The average molecular weight is 619 g/mol. The number of hydrogen-bond donors (Lipinski definition) is 3. The second-order valence-electron chi connectivity index (χ2n) is 10.1. The molecule has 0 spiro atoms. The molecule has 1 fully saturated rings. The predicted octanol–water partition coefficient (Wildman–Crippen LogP) is 5.21. The van der Waals surface area contributed by atoms with Gasteiger partial charge in [-0.3, -0.25) is 9.59 Å². The van der Waals surface area contributed by atoms with Gasteiger partial charge in [0.05, 0.1) is 12.1 Å². The number of rotatable bonds is 12. The highest BCUT2D eigenvalue weighted by molar-refractivity contribution is 8.00. The third-order valence-electron chi connectivity index (χ3n) is 7.12. The monoisotopic (exact) mass is 618 g/mol. The molecule has 1 aliphatic heterocycles. The number of aliphatic hydroxyl groups excluding tert-OH is 1. The number of nitrogens with one attached hydrogen (secondary N) is 1. The standard InChI is InChI=1S/C33H28F2N2O6S/c34-23-10-6-20(7-11-23)27(38)19-44-31-30(37(32(31)40)25-14-12-24(35)13-15-25)22-8-16-26(17-9-22)43-18-28(39)36-29(33(41)42)21-4-2-1-3-5-21/h1-17,27,29-31,38H,18-19H2,(H,36,39)(H,41,42)/t27?,29-,30-,31-/m1/s1. The third-order valence-corrected chi connectivity index (χ3v) is 8.44. The van der Waals surface area contributed by atoms with Crippen LogP contribution in [-0.2, 0) is 14.4 Å². The lowest BCUT2D eigenvalue weighted by Crippen LogP contribution is -2.57. The van der Waals surface area contributed by atoms with Crippen molar-refractivity contribution < 1.29 is 38.1 Å². The number of carboxylic acids is 1. The number of benzene rings is 4. The molecule has 1 saturated heterocycles. The summed E-state index contributed by atoms with van der Waals surface area (Å²) in [6.07, 6.45) is -0.918. The van der Waals surface area contributed by atoms with Gasteiger partial charge in [0.2, 0.25) is 5.91 Å². The molecule has 44 heavy (non-hydrogen) atoms. The number of β-lactam (4-membered cyclic amide) rings is 1. The molecular weight excluding hydrogens is 590 g/mol. The van der Waals surface area contributed by atoms with Crippen molar-refractivity contribution in [2.24, 2.45) is 0 Å². The first-order chi connectivity index (χ1) is 21.2. The molecule has 0 aliphatic carbocycles. The number of nitrogens with zero attached hydrogens (tertiary/aromatic N) is 1. The molecule has 1 unspecified atom stereocenters. The number of carboxylic acid groups (broad SMARTS) is 1. The van der Waals surface area contributed by atoms with E-state index in [2.05, 4.69) is 5.32 Å². The van der Waals surface area contributed by atoms with Gasteiger partial charge in [0, 0.05) is 11.4 Å². The lowest BCUT2D eigenvalue weighted by Gasteiger charge is -2.47. The summed E-state index contributed by atoms with van der Waals surface area (Å²) in [6, 6.07) is 24.5. The molecule has 226 valence electrons. The van der Waals surface area contributed by atoms with E-state index in [0.29, 0.717) is 22.6 Å². The fourth-order valence-corrected chi connectivity index (χ4v) is 6.16. The normalized spacial score (nSPS) is 17.3. The van der Waals surface area contributed by atoms with Crippen molar-refractivity contribution >= 4 is 35.2 Å². The number of carbonyl (C=O) groups is 3. The second-order valence-corrected chi connectivity index (χ2v) is 11.2. The minimum atomic E-state index is -1.22. The SMILES string of the molecule is O=C(COc1ccc([C@@H]2[C@@H](SCC(O)c3ccc(F)cc3)C(=O)N2c2ccc(F)cc2)cc1)N[C@@H](C(=O)O)c1ccccc1. The van der Waals surface area contributed by atoms with E-state index in [-0.39, 0.29) is 11.7 Å². The zero-order chi connectivity index (χ0) is 31.2. The van der Waals surface area contributed by atoms with Crippen molar-refractivity contribution in [2.75, 3.05) is 17.3 Å². The van der Waals surface area contributed by atoms with E-state index in [1.54, 1.807) is 59.5 Å². The fourth-order valence-electron chi connectivity index (χ4n) is 4.86. The fraction of sp³-hybridized carbons (Fsp3) is 0.182. The quantitative estimate of drug-likeness (QED) is 0.187. The molecule has 11 heteroatoms. The van der Waals surface area contributed by atoms with Crippen LogP contribution < -0.4 is 15.0 Å². The molecule has 8 nitrogen and oxygen atoms in total. The number of ether oxygens (including phenoxy) is 1. The minimum Gasteiger partial charge on any atom is -0.484 e. The molecule has 0 aromatic heterocycles. The number of carbonyl (C=O) groups excluding carboxylic acids is 2. The van der Waals surface area contributed by atoms with Crippen molar-refractivity contribution in [1.82, 2.24) is 5.32 Å². The second kappa shape index (κ2) is 13.7. The van der Waals surface area contributed by atoms with Crippen molar-refractivity contribution in [3.63, 3.8) is 0 Å². The van der Waals surface area contributed by atoms with Crippen LogP contribution in [0.5, 0.6) is 5.75 Å². The molecule has 5 rings (SSSR count). The molecule has 3 N–H and O–H groups in total. The molecule has 0 bridgehead atoms. The Bertz CT molecular complexity index is 1600. The Morgan fingerprint density at radius 1 is 0.864 bits per heavy atom. The van der Waals surface area contributed by atoms with Crippen LogP contribution in [0.15, 0.2) is 103 Å². The molecule has 4 aromatic carbocycles. The van der Waals surface area contributed by atoms with Gasteiger partial charge < -0.3 is 25.2 Å². The Kier molecular flexibility index (Phi) is 9.56. The summed E-state index contributed by atoms with van der Waals surface area (Å²) >= 11 is 1.27. The lowest BCUT2D eigenvalue weighted by molar-refractivity contribution is -0.142. The highest BCUT2D eigenvalue weighted by Gasteiger charge is 2.49. The molecule has 0 radical (unpaired) electrons. The summed E-state index contributed by atoms with van der Waals surface area (Å²) in [5, 5.41) is 22.1. The van der Waals surface area contributed by atoms with Crippen LogP contribution in [0.1, 0.15) is 34.9 Å². The molecule has 0 saturated carbocycles. The van der Waals surface area contributed by atoms with Gasteiger partial charge in [0.15, 0.2) is 12.6 Å². The van der Waals surface area contributed by atoms with E-state index >= 15 is 0 Å². The molecule has 1 heterocycles. The topological polar surface area (TPSA) is 116 Å². The number of halogens is 2. The van der Waals surface area contributed by atoms with E-state index in [9.17, 15) is 33.4 Å². The molecule has 4 aromatic rings. The van der Waals surface area contributed by atoms with Gasteiger partial charge in [0.1, 0.15) is 22.6 Å². The van der Waals surface area contributed by atoms with Gasteiger partial charge in [-0.15, -0.1) is 11.8 Å². The number of aliphatic hydroxyl groups is 1. The Labute approximate surface area is 256 Å². The van der Waals surface area contributed by atoms with E-state index in [1.807, 2.05) is 0 Å². The first-order valence-corrected chi connectivity index (χ1v) is 14.7. The first-order valence-electron chi connectivity index (χ1n) is 13.6. The van der Waals surface area contributed by atoms with Gasteiger partial charge in [0.25, 0.3) is 5.91 Å². The molecule has 2 amide bonds. The number of aliphatic carboxylic acids is 1. The molecular formula is C33H28F2N2O6S. The summed E-state index contributed by atoms with van der Waals surface area (Å²) in [4.78, 5) is 39.0. The van der Waals surface area contributed by atoms with Gasteiger partial charge in [-0.1, -0.05) is 54.6 Å². The summed E-state index contributed by atoms with van der Waals surface area (Å²) in [5.41, 5.74) is 2.22. The predicted molar refractivity (Wildman–Crippen MR) is 161 cm³/mol. The van der Waals surface area contributed by atoms with E-state index in [0.717, 1.165) is 5.56 Å². The maximum absolute atomic E-state index is 13.6. The van der Waals surface area contributed by atoms with Crippen LogP contribution in [0.4, 0.5) is 14.5 Å². The third kappa shape index (κ3) is 7.07. The Morgan fingerprint density at radius 3 is 2.09 bits per heavy atom. The van der Waals surface area contributed by atoms with Crippen LogP contribution in [0.2, 0.25) is 0 Å². The number of hydrogen-bond acceptors (Lipinski definition) is 6. The summed E-state index contributed by atoms with van der Waals surface area (Å²) in [6.45, 7) is -0.417. The van der Waals surface area contributed by atoms with Crippen molar-refractivity contribution in [3.8, 4) is 5.75 Å². The van der Waals surface area contributed by atoms with Crippen molar-refractivity contribution in [2.45, 2.75) is 23.4 Å². The van der Waals surface area contributed by atoms with Crippen LogP contribution >= 0.6 is 11.8 Å². The van der Waals surface area contributed by atoms with Gasteiger partial charge in [-0.2, -0.15) is 0 Å². The smallest absolute Gasteiger partial charge is 0.330 e. The summed E-state index contributed by atoms with van der Waals surface area (Å²) in [7, 11) is 0. The largest absolute Gasteiger partial charge is 0.484 e. The summed E-state index contributed by atoms with van der Waals surface area (Å²) < 4.78 is 32.5. The van der Waals surface area contributed by atoms with Gasteiger partial charge in [-0.05, 0) is 65.2 Å². The maximum atomic E-state index is 13.6. The van der Waals surface area contributed by atoms with Crippen LogP contribution in [0.3, 0.4) is 0 Å². The zero-order valence-electron chi connectivity index (χ0n) is 23.2. The Balaban J connectivity index is 1.26. The highest BCUT2D eigenvalue weighted by atomic mass is 32.2. The van der Waals surface area contributed by atoms with Crippen molar-refractivity contribution in [3.05, 3.63) is 131 Å². The Hall–Kier alpha value is -4.74. The number of amides is 2. The van der Waals surface area contributed by atoms with Crippen LogP contribution in [0.25, 0.3) is 0 Å². The highest BCUT2D eigenvalue weighted by Crippen LogP contribution is 2.46. The van der Waals surface area contributed by atoms with E-state index in [1.165, 1.54) is 60.3 Å². The first kappa shape index (κ1) is 30.7. The number of thioether (sulfide) groups is 1. The maximum Gasteiger partial charge on any atom is 0.330 e. The Morgan fingerprint density at radius 2 is 1.48 bits per heavy atom. The van der Waals surface area contributed by atoms with Gasteiger partial charge >= 0.3 is 5.97 Å². The van der Waals surface area contributed by atoms with Crippen molar-refractivity contribution in [1.29, 1.82) is 0 Å².